The van der Waals surface area contributed by atoms with Gasteiger partial charge in [0, 0.05) is 31.3 Å². The van der Waals surface area contributed by atoms with Gasteiger partial charge in [-0.25, -0.2) is 0 Å². The highest BCUT2D eigenvalue weighted by Gasteiger charge is 2.09. The molecule has 7 nitrogen and oxygen atoms in total. The summed E-state index contributed by atoms with van der Waals surface area (Å²) in [6, 6.07) is 9.70. The van der Waals surface area contributed by atoms with Gasteiger partial charge in [0.05, 0.1) is 29.9 Å². The minimum atomic E-state index is -0.496. The lowest BCUT2D eigenvalue weighted by Crippen LogP contribution is -2.31. The Labute approximate surface area is 127 Å². The van der Waals surface area contributed by atoms with Crippen molar-refractivity contribution in [3.63, 3.8) is 0 Å². The molecule has 0 spiro atoms. The summed E-state index contributed by atoms with van der Waals surface area (Å²) >= 11 is 0. The van der Waals surface area contributed by atoms with Crippen molar-refractivity contribution in [2.24, 2.45) is 0 Å². The Morgan fingerprint density at radius 3 is 2.18 bits per heavy atom. The Morgan fingerprint density at radius 1 is 1.18 bits per heavy atom. The molecule has 0 aromatic heterocycles. The van der Waals surface area contributed by atoms with E-state index in [2.05, 4.69) is 0 Å². The van der Waals surface area contributed by atoms with Crippen LogP contribution in [0.3, 0.4) is 0 Å². The van der Waals surface area contributed by atoms with Crippen LogP contribution in [0.4, 0.5) is 5.69 Å². The predicted octanol–water partition coefficient (Wildman–Crippen LogP) is 2.26. The number of hydrogen-bond donors (Lipinski definition) is 0. The molecule has 0 aliphatic heterocycles. The van der Waals surface area contributed by atoms with Crippen molar-refractivity contribution >= 4 is 17.7 Å². The van der Waals surface area contributed by atoms with Gasteiger partial charge in [0.2, 0.25) is 5.91 Å². The summed E-state index contributed by atoms with van der Waals surface area (Å²) in [6.07, 6.45) is 3.26. The number of rotatable bonds is 7. The van der Waals surface area contributed by atoms with Crippen LogP contribution < -0.4 is 0 Å². The maximum Gasteiger partial charge on any atom is 0.269 e. The van der Waals surface area contributed by atoms with E-state index in [1.807, 2.05) is 12.1 Å². The fraction of sp³-hybridized carbons (Fsp3) is 0.267. The van der Waals surface area contributed by atoms with Crippen LogP contribution in [-0.2, 0) is 4.79 Å². The molecule has 0 saturated heterocycles. The number of carbonyl (C=O) groups excluding carboxylic acids is 1. The van der Waals surface area contributed by atoms with Crippen molar-refractivity contribution in [2.75, 3.05) is 13.1 Å². The van der Waals surface area contributed by atoms with Gasteiger partial charge in [-0.3, -0.25) is 14.9 Å². The first kappa shape index (κ1) is 16.9. The molecule has 7 heteroatoms. The van der Waals surface area contributed by atoms with Crippen molar-refractivity contribution < 1.29 is 9.72 Å². The fourth-order valence-corrected chi connectivity index (χ4v) is 1.68. The molecule has 0 atom stereocenters. The molecule has 0 unspecified atom stereocenters. The number of hydrogen-bond acceptors (Lipinski definition) is 5. The lowest BCUT2D eigenvalue weighted by molar-refractivity contribution is -0.384. The smallest absolute Gasteiger partial charge is 0.269 e. The molecule has 0 radical (unpaired) electrons. The number of nitrogens with zero attached hydrogens (tertiary/aromatic N) is 4. The van der Waals surface area contributed by atoms with Gasteiger partial charge in [-0.05, 0) is 23.8 Å². The first-order chi connectivity index (χ1) is 10.6. The zero-order chi connectivity index (χ0) is 16.4. The van der Waals surface area contributed by atoms with Crippen molar-refractivity contribution in [1.29, 1.82) is 10.5 Å². The van der Waals surface area contributed by atoms with E-state index in [-0.39, 0.29) is 37.5 Å². The molecule has 0 saturated carbocycles. The van der Waals surface area contributed by atoms with Crippen LogP contribution in [0.2, 0.25) is 0 Å². The Morgan fingerprint density at radius 2 is 1.73 bits per heavy atom. The zero-order valence-electron chi connectivity index (χ0n) is 11.8. The van der Waals surface area contributed by atoms with Crippen molar-refractivity contribution in [3.8, 4) is 12.1 Å². The molecule has 1 aromatic carbocycles. The maximum absolute atomic E-state index is 12.0. The molecule has 1 rings (SSSR count). The predicted molar refractivity (Wildman–Crippen MR) is 79.2 cm³/mol. The van der Waals surface area contributed by atoms with Crippen LogP contribution in [0, 0.1) is 32.8 Å². The van der Waals surface area contributed by atoms with Crippen molar-refractivity contribution in [3.05, 3.63) is 46.0 Å². The van der Waals surface area contributed by atoms with Gasteiger partial charge < -0.3 is 4.90 Å². The molecule has 0 N–H and O–H groups in total. The van der Waals surface area contributed by atoms with Crippen LogP contribution in [0.25, 0.3) is 6.08 Å². The summed E-state index contributed by atoms with van der Waals surface area (Å²) in [5.41, 5.74) is 0.632. The lowest BCUT2D eigenvalue weighted by atomic mass is 10.2. The SMILES string of the molecule is N#CCCN(CCC#N)C(=O)/C=C/c1ccc([N+](=O)[O-])cc1. The van der Waals surface area contributed by atoms with Gasteiger partial charge in [0.1, 0.15) is 0 Å². The summed E-state index contributed by atoms with van der Waals surface area (Å²) in [4.78, 5) is 23.5. The minimum absolute atomic E-state index is 0.0202. The fourth-order valence-electron chi connectivity index (χ4n) is 1.68. The Bertz CT molecular complexity index is 620. The van der Waals surface area contributed by atoms with E-state index < -0.39 is 4.92 Å². The highest BCUT2D eigenvalue weighted by Crippen LogP contribution is 2.13. The molecule has 1 amide bonds. The van der Waals surface area contributed by atoms with E-state index in [9.17, 15) is 14.9 Å². The van der Waals surface area contributed by atoms with Gasteiger partial charge in [0.25, 0.3) is 5.69 Å². The summed E-state index contributed by atoms with van der Waals surface area (Å²) in [5.74, 6) is -0.302. The molecule has 1 aromatic rings. The maximum atomic E-state index is 12.0. The number of amides is 1. The number of nitro groups is 1. The normalized spacial score (nSPS) is 9.91. The third kappa shape index (κ3) is 5.43. The third-order valence-electron chi connectivity index (χ3n) is 2.82. The number of nitriles is 2. The number of benzene rings is 1. The second kappa shape index (κ2) is 8.88. The molecule has 0 bridgehead atoms. The minimum Gasteiger partial charge on any atom is -0.337 e. The average molecular weight is 298 g/mol. The highest BCUT2D eigenvalue weighted by molar-refractivity contribution is 5.91. The highest BCUT2D eigenvalue weighted by atomic mass is 16.6. The lowest BCUT2D eigenvalue weighted by Gasteiger charge is -2.18. The average Bonchev–Trinajstić information content (AvgIpc) is 2.53. The summed E-state index contributed by atoms with van der Waals surface area (Å²) in [7, 11) is 0. The topological polar surface area (TPSA) is 111 Å². The molecule has 112 valence electrons. The standard InChI is InChI=1S/C15H14N4O3/c16-9-1-11-18(12-2-10-17)15(20)8-5-13-3-6-14(7-4-13)19(21)22/h3-8H,1-2,11-12H2/b8-5+. The molecular weight excluding hydrogens is 284 g/mol. The molecule has 0 fully saturated rings. The number of non-ortho nitro benzene ring substituents is 1. The van der Waals surface area contributed by atoms with Crippen LogP contribution in [0.1, 0.15) is 18.4 Å². The molecule has 22 heavy (non-hydrogen) atoms. The van der Waals surface area contributed by atoms with Crippen molar-refractivity contribution in [2.45, 2.75) is 12.8 Å². The van der Waals surface area contributed by atoms with E-state index >= 15 is 0 Å². The monoisotopic (exact) mass is 298 g/mol. The third-order valence-corrected chi connectivity index (χ3v) is 2.82. The number of carbonyl (C=O) groups is 1. The van der Waals surface area contributed by atoms with Gasteiger partial charge in [-0.2, -0.15) is 10.5 Å². The molecule has 0 aliphatic carbocycles. The van der Waals surface area contributed by atoms with Crippen LogP contribution in [-0.4, -0.2) is 28.8 Å². The summed E-state index contributed by atoms with van der Waals surface area (Å²) in [6.45, 7) is 0.531. The van der Waals surface area contributed by atoms with Crippen LogP contribution in [0.5, 0.6) is 0 Å². The second-order valence-electron chi connectivity index (χ2n) is 4.32. The Kier molecular flexibility index (Phi) is 6.80. The van der Waals surface area contributed by atoms with Crippen LogP contribution in [0.15, 0.2) is 30.3 Å². The summed E-state index contributed by atoms with van der Waals surface area (Å²) in [5, 5.41) is 27.7. The van der Waals surface area contributed by atoms with Gasteiger partial charge in [-0.1, -0.05) is 0 Å². The van der Waals surface area contributed by atoms with Crippen LogP contribution >= 0.6 is 0 Å². The van der Waals surface area contributed by atoms with E-state index in [0.29, 0.717) is 5.56 Å². The van der Waals surface area contributed by atoms with Crippen molar-refractivity contribution in [1.82, 2.24) is 4.90 Å². The van der Waals surface area contributed by atoms with E-state index in [0.717, 1.165) is 0 Å². The van der Waals surface area contributed by atoms with Gasteiger partial charge in [0.15, 0.2) is 0 Å². The first-order valence-corrected chi connectivity index (χ1v) is 6.54. The van der Waals surface area contributed by atoms with Gasteiger partial charge >= 0.3 is 0 Å². The largest absolute Gasteiger partial charge is 0.337 e. The Balaban J connectivity index is 2.72. The number of nitro benzene ring substituents is 1. The first-order valence-electron chi connectivity index (χ1n) is 6.54. The van der Waals surface area contributed by atoms with E-state index in [1.165, 1.54) is 41.3 Å². The van der Waals surface area contributed by atoms with Gasteiger partial charge in [-0.15, -0.1) is 0 Å². The Hall–Kier alpha value is -3.19. The quantitative estimate of drug-likeness (QED) is 0.435. The molecule has 0 aliphatic rings. The summed E-state index contributed by atoms with van der Waals surface area (Å²) < 4.78 is 0. The molecule has 0 heterocycles. The zero-order valence-corrected chi connectivity index (χ0v) is 11.8. The molecular formula is C15H14N4O3. The second-order valence-corrected chi connectivity index (χ2v) is 4.32. The van der Waals surface area contributed by atoms with E-state index in [4.69, 9.17) is 10.5 Å². The van der Waals surface area contributed by atoms with E-state index in [1.54, 1.807) is 0 Å².